The molecule has 4 nitrogen and oxygen atoms in total. The summed E-state index contributed by atoms with van der Waals surface area (Å²) in [6.07, 6.45) is 4.18. The maximum absolute atomic E-state index is 5.86. The normalized spacial score (nSPS) is 12.2. The maximum Gasteiger partial charge on any atom is 0.166 e. The van der Waals surface area contributed by atoms with Crippen molar-refractivity contribution in [3.05, 3.63) is 52.5 Å². The van der Waals surface area contributed by atoms with Crippen molar-refractivity contribution in [3.8, 4) is 5.75 Å². The Morgan fingerprint density at radius 2 is 2.05 bits per heavy atom. The summed E-state index contributed by atoms with van der Waals surface area (Å²) >= 11 is 3.46. The standard InChI is InChI=1S/C14H16BrN3O/c1-10(16)7-11-8-12(15)3-4-13(11)19-9-14-17-5-2-6-18-14/h2-6,8,10H,7,9,16H2,1H3. The van der Waals surface area contributed by atoms with E-state index in [1.54, 1.807) is 18.5 Å². The summed E-state index contributed by atoms with van der Waals surface area (Å²) in [5.74, 6) is 1.49. The molecular formula is C14H16BrN3O. The van der Waals surface area contributed by atoms with Crippen LogP contribution in [0.5, 0.6) is 5.75 Å². The van der Waals surface area contributed by atoms with Gasteiger partial charge in [-0.2, -0.15) is 0 Å². The minimum absolute atomic E-state index is 0.0876. The number of aromatic nitrogens is 2. The molecule has 19 heavy (non-hydrogen) atoms. The third-order valence-corrected chi connectivity index (χ3v) is 3.03. The van der Waals surface area contributed by atoms with Gasteiger partial charge in [-0.05, 0) is 43.2 Å². The van der Waals surface area contributed by atoms with Crippen molar-refractivity contribution in [1.29, 1.82) is 0 Å². The van der Waals surface area contributed by atoms with Crippen molar-refractivity contribution in [2.75, 3.05) is 0 Å². The molecule has 0 radical (unpaired) electrons. The molecule has 2 N–H and O–H groups in total. The van der Waals surface area contributed by atoms with Gasteiger partial charge in [0.05, 0.1) is 0 Å². The van der Waals surface area contributed by atoms with Gasteiger partial charge in [-0.25, -0.2) is 9.97 Å². The molecule has 1 heterocycles. The topological polar surface area (TPSA) is 61.0 Å². The van der Waals surface area contributed by atoms with Crippen molar-refractivity contribution < 1.29 is 4.74 Å². The van der Waals surface area contributed by atoms with Gasteiger partial charge in [0, 0.05) is 22.9 Å². The van der Waals surface area contributed by atoms with Crippen molar-refractivity contribution in [2.24, 2.45) is 5.73 Å². The van der Waals surface area contributed by atoms with Crippen molar-refractivity contribution in [2.45, 2.75) is 26.0 Å². The molecule has 0 saturated heterocycles. The monoisotopic (exact) mass is 321 g/mol. The molecule has 0 aliphatic rings. The molecule has 1 aromatic carbocycles. The second kappa shape index (κ2) is 6.63. The summed E-state index contributed by atoms with van der Waals surface area (Å²) in [6, 6.07) is 7.79. The number of hydrogen-bond acceptors (Lipinski definition) is 4. The third-order valence-electron chi connectivity index (χ3n) is 2.54. The van der Waals surface area contributed by atoms with Crippen LogP contribution in [0.15, 0.2) is 41.1 Å². The summed E-state index contributed by atoms with van der Waals surface area (Å²) in [5, 5.41) is 0. The predicted octanol–water partition coefficient (Wildman–Crippen LogP) is 2.71. The van der Waals surface area contributed by atoms with E-state index in [0.717, 1.165) is 22.2 Å². The molecular weight excluding hydrogens is 306 g/mol. The fourth-order valence-electron chi connectivity index (χ4n) is 1.74. The SMILES string of the molecule is CC(N)Cc1cc(Br)ccc1OCc1ncccn1. The highest BCUT2D eigenvalue weighted by atomic mass is 79.9. The number of benzene rings is 1. The lowest BCUT2D eigenvalue weighted by molar-refractivity contribution is 0.292. The van der Waals surface area contributed by atoms with Gasteiger partial charge in [0.25, 0.3) is 0 Å². The Bertz CT molecular complexity index is 531. The Morgan fingerprint density at radius 3 is 2.74 bits per heavy atom. The predicted molar refractivity (Wildman–Crippen MR) is 77.9 cm³/mol. The number of nitrogens with two attached hydrogens (primary N) is 1. The molecule has 2 aromatic rings. The number of rotatable bonds is 5. The van der Waals surface area contributed by atoms with Crippen LogP contribution in [0.2, 0.25) is 0 Å². The first-order valence-electron chi connectivity index (χ1n) is 6.08. The quantitative estimate of drug-likeness (QED) is 0.919. The second-order valence-electron chi connectivity index (χ2n) is 4.39. The first-order valence-corrected chi connectivity index (χ1v) is 6.87. The molecule has 5 heteroatoms. The molecule has 0 saturated carbocycles. The Morgan fingerprint density at radius 1 is 1.32 bits per heavy atom. The molecule has 1 aromatic heterocycles. The van der Waals surface area contributed by atoms with Gasteiger partial charge in [0.15, 0.2) is 5.82 Å². The van der Waals surface area contributed by atoms with Crippen LogP contribution in [0.3, 0.4) is 0 Å². The van der Waals surface area contributed by atoms with Crippen LogP contribution in [0.1, 0.15) is 18.3 Å². The molecule has 2 rings (SSSR count). The third kappa shape index (κ3) is 4.29. The van der Waals surface area contributed by atoms with Gasteiger partial charge in [0.1, 0.15) is 12.4 Å². The molecule has 0 aliphatic carbocycles. The van der Waals surface area contributed by atoms with E-state index in [1.807, 2.05) is 25.1 Å². The fourth-order valence-corrected chi connectivity index (χ4v) is 2.15. The highest BCUT2D eigenvalue weighted by molar-refractivity contribution is 9.10. The van der Waals surface area contributed by atoms with Crippen molar-refractivity contribution in [3.63, 3.8) is 0 Å². The summed E-state index contributed by atoms with van der Waals surface area (Å²) < 4.78 is 6.80. The van der Waals surface area contributed by atoms with E-state index in [-0.39, 0.29) is 6.04 Å². The molecule has 1 atom stereocenters. The summed E-state index contributed by atoms with van der Waals surface area (Å²) in [7, 11) is 0. The highest BCUT2D eigenvalue weighted by Gasteiger charge is 2.08. The van der Waals surface area contributed by atoms with Crippen molar-refractivity contribution in [1.82, 2.24) is 9.97 Å². The molecule has 0 amide bonds. The van der Waals surface area contributed by atoms with Gasteiger partial charge < -0.3 is 10.5 Å². The van der Waals surface area contributed by atoms with Crippen LogP contribution in [0, 0.1) is 0 Å². The van der Waals surface area contributed by atoms with E-state index in [9.17, 15) is 0 Å². The Labute approximate surface area is 121 Å². The fraction of sp³-hybridized carbons (Fsp3) is 0.286. The van der Waals surface area contributed by atoms with Crippen LogP contribution in [0.4, 0.5) is 0 Å². The highest BCUT2D eigenvalue weighted by Crippen LogP contribution is 2.24. The van der Waals surface area contributed by atoms with E-state index in [4.69, 9.17) is 10.5 Å². The minimum Gasteiger partial charge on any atom is -0.485 e. The largest absolute Gasteiger partial charge is 0.485 e. The zero-order valence-electron chi connectivity index (χ0n) is 10.7. The molecule has 0 fully saturated rings. The van der Waals surface area contributed by atoms with E-state index in [0.29, 0.717) is 12.4 Å². The molecule has 0 spiro atoms. The van der Waals surface area contributed by atoms with Crippen LogP contribution in [0.25, 0.3) is 0 Å². The zero-order chi connectivity index (χ0) is 13.7. The lowest BCUT2D eigenvalue weighted by Gasteiger charge is -2.13. The smallest absolute Gasteiger partial charge is 0.166 e. The van der Waals surface area contributed by atoms with Crippen LogP contribution in [-0.4, -0.2) is 16.0 Å². The summed E-state index contributed by atoms with van der Waals surface area (Å²) in [6.45, 7) is 2.33. The van der Waals surface area contributed by atoms with Gasteiger partial charge in [0.2, 0.25) is 0 Å². The summed E-state index contributed by atoms with van der Waals surface area (Å²) in [4.78, 5) is 8.26. The first-order chi connectivity index (χ1) is 9.15. The van der Waals surface area contributed by atoms with Crippen LogP contribution >= 0.6 is 15.9 Å². The van der Waals surface area contributed by atoms with E-state index >= 15 is 0 Å². The van der Waals surface area contributed by atoms with E-state index < -0.39 is 0 Å². The van der Waals surface area contributed by atoms with E-state index in [2.05, 4.69) is 25.9 Å². The van der Waals surface area contributed by atoms with Crippen LogP contribution < -0.4 is 10.5 Å². The maximum atomic E-state index is 5.86. The molecule has 0 bridgehead atoms. The van der Waals surface area contributed by atoms with Gasteiger partial charge in [-0.1, -0.05) is 15.9 Å². The lowest BCUT2D eigenvalue weighted by Crippen LogP contribution is -2.18. The van der Waals surface area contributed by atoms with Crippen LogP contribution in [-0.2, 0) is 13.0 Å². The van der Waals surface area contributed by atoms with Gasteiger partial charge in [-0.3, -0.25) is 0 Å². The summed E-state index contributed by atoms with van der Waals surface area (Å²) in [5.41, 5.74) is 6.94. The van der Waals surface area contributed by atoms with Gasteiger partial charge in [-0.15, -0.1) is 0 Å². The number of ether oxygens (including phenoxy) is 1. The number of nitrogens with zero attached hydrogens (tertiary/aromatic N) is 2. The second-order valence-corrected chi connectivity index (χ2v) is 5.30. The lowest BCUT2D eigenvalue weighted by atomic mass is 10.1. The Hall–Kier alpha value is -1.46. The Balaban J connectivity index is 2.11. The van der Waals surface area contributed by atoms with E-state index in [1.165, 1.54) is 0 Å². The first kappa shape index (κ1) is 14.0. The number of hydrogen-bond donors (Lipinski definition) is 1. The number of halogens is 1. The van der Waals surface area contributed by atoms with Crippen molar-refractivity contribution >= 4 is 15.9 Å². The van der Waals surface area contributed by atoms with Gasteiger partial charge >= 0.3 is 0 Å². The molecule has 1 unspecified atom stereocenters. The Kier molecular flexibility index (Phi) is 4.87. The zero-order valence-corrected chi connectivity index (χ0v) is 12.3. The average Bonchev–Trinajstić information content (AvgIpc) is 2.38. The average molecular weight is 322 g/mol. The molecule has 0 aliphatic heterocycles. The molecule has 100 valence electrons. The minimum atomic E-state index is 0.0876.